The Labute approximate surface area is 188 Å². The Balaban J connectivity index is 1.57. The Morgan fingerprint density at radius 2 is 2.03 bits per heavy atom. The molecule has 2 aliphatic heterocycles. The van der Waals surface area contributed by atoms with E-state index in [1.54, 1.807) is 13.8 Å². The van der Waals surface area contributed by atoms with E-state index in [-0.39, 0.29) is 18.6 Å². The maximum absolute atomic E-state index is 12.7. The molecule has 0 spiro atoms. The number of aliphatic hydroxyl groups is 1. The van der Waals surface area contributed by atoms with Crippen LogP contribution in [-0.2, 0) is 4.79 Å². The van der Waals surface area contributed by atoms with Gasteiger partial charge in [0.1, 0.15) is 0 Å². The molecule has 1 fully saturated rings. The number of likely N-dealkylation sites (tertiary alicyclic amines) is 1. The quantitative estimate of drug-likeness (QED) is 0.673. The van der Waals surface area contributed by atoms with E-state index >= 15 is 0 Å². The van der Waals surface area contributed by atoms with Gasteiger partial charge in [0.25, 0.3) is 0 Å². The van der Waals surface area contributed by atoms with Gasteiger partial charge in [0.2, 0.25) is 5.91 Å². The van der Waals surface area contributed by atoms with E-state index < -0.39 is 5.41 Å². The Bertz CT molecular complexity index is 1170. The fraction of sp³-hybridized carbons (Fsp3) is 0.385. The van der Waals surface area contributed by atoms with Crippen LogP contribution < -0.4 is 21.1 Å². The second-order valence-electron chi connectivity index (χ2n) is 9.23. The van der Waals surface area contributed by atoms with Crippen LogP contribution in [0.15, 0.2) is 36.4 Å². The van der Waals surface area contributed by atoms with Crippen molar-refractivity contribution in [1.82, 2.24) is 10.2 Å². The van der Waals surface area contributed by atoms with Crippen molar-refractivity contribution in [1.29, 1.82) is 5.26 Å². The number of hydrogen-bond donors (Lipinski definition) is 3. The predicted molar refractivity (Wildman–Crippen MR) is 127 cm³/mol. The van der Waals surface area contributed by atoms with Crippen molar-refractivity contribution in [2.45, 2.75) is 32.7 Å². The number of aliphatic hydroxyl groups excluding tert-OH is 1. The van der Waals surface area contributed by atoms with Gasteiger partial charge in [-0.05, 0) is 67.3 Å². The van der Waals surface area contributed by atoms with Crippen molar-refractivity contribution in [2.75, 3.05) is 31.6 Å². The highest BCUT2D eigenvalue weighted by molar-refractivity contribution is 5.82. The lowest BCUT2D eigenvalue weighted by atomic mass is 9.91. The highest BCUT2D eigenvalue weighted by atomic mass is 16.3. The summed E-state index contributed by atoms with van der Waals surface area (Å²) in [4.78, 5) is 14.5. The summed E-state index contributed by atoms with van der Waals surface area (Å²) in [6, 6.07) is 14.5. The van der Waals surface area contributed by atoms with Crippen molar-refractivity contribution in [3.05, 3.63) is 52.4 Å². The number of nitriles is 1. The molecular formula is C26H30N4O2. The van der Waals surface area contributed by atoms with Gasteiger partial charge in [-0.25, -0.2) is 0 Å². The minimum Gasteiger partial charge on any atom is -0.395 e. The second kappa shape index (κ2) is 9.05. The SMILES string of the molecule is CC(C)(CO)C(=O)N1CCC(Nc2cc(-c3cccc(C#N)c3)cc3c2=CNCC=3)CC1. The smallest absolute Gasteiger partial charge is 0.230 e. The number of piperidine rings is 1. The van der Waals surface area contributed by atoms with Crippen LogP contribution in [0.4, 0.5) is 5.69 Å². The number of rotatable bonds is 5. The molecule has 0 aromatic heterocycles. The normalized spacial score (nSPS) is 16.1. The van der Waals surface area contributed by atoms with Crippen molar-refractivity contribution < 1.29 is 9.90 Å². The van der Waals surface area contributed by atoms with Crippen LogP contribution in [0, 0.1) is 16.7 Å². The first-order valence-corrected chi connectivity index (χ1v) is 11.2. The summed E-state index contributed by atoms with van der Waals surface area (Å²) < 4.78 is 0. The number of hydrogen-bond acceptors (Lipinski definition) is 5. The number of fused-ring (bicyclic) bond motifs is 1. The van der Waals surface area contributed by atoms with Crippen LogP contribution in [0.5, 0.6) is 0 Å². The average molecular weight is 431 g/mol. The Hall–Kier alpha value is -3.30. The molecule has 32 heavy (non-hydrogen) atoms. The number of benzene rings is 2. The van der Waals surface area contributed by atoms with Gasteiger partial charge in [-0.3, -0.25) is 4.79 Å². The van der Waals surface area contributed by atoms with Crippen LogP contribution in [0.1, 0.15) is 32.3 Å². The zero-order chi connectivity index (χ0) is 22.7. The van der Waals surface area contributed by atoms with Crippen molar-refractivity contribution in [2.24, 2.45) is 5.41 Å². The van der Waals surface area contributed by atoms with Gasteiger partial charge in [-0.2, -0.15) is 5.26 Å². The molecule has 4 rings (SSSR count). The summed E-state index contributed by atoms with van der Waals surface area (Å²) in [5.74, 6) is 0.0161. The standard InChI is InChI=1S/C26H30N4O2/c1-26(2,17-31)25(32)30-10-7-22(8-11-30)29-24-14-21(13-20-6-9-28-16-23(20)24)19-5-3-4-18(12-19)15-27/h3-6,12-14,16,22,28-29,31H,7-11,17H2,1-2H3. The van der Waals surface area contributed by atoms with Gasteiger partial charge < -0.3 is 20.6 Å². The summed E-state index contributed by atoms with van der Waals surface area (Å²) in [6.07, 6.45) is 5.94. The molecule has 0 atom stereocenters. The number of nitrogens with one attached hydrogen (secondary N) is 2. The Kier molecular flexibility index (Phi) is 6.20. The fourth-order valence-electron chi connectivity index (χ4n) is 4.33. The van der Waals surface area contributed by atoms with Gasteiger partial charge in [-0.1, -0.05) is 18.2 Å². The topological polar surface area (TPSA) is 88.4 Å². The molecule has 2 heterocycles. The average Bonchev–Trinajstić information content (AvgIpc) is 2.84. The molecule has 0 unspecified atom stereocenters. The molecule has 0 radical (unpaired) electrons. The van der Waals surface area contributed by atoms with Crippen LogP contribution in [0.2, 0.25) is 0 Å². The number of nitrogens with zero attached hydrogens (tertiary/aromatic N) is 2. The molecule has 0 saturated carbocycles. The molecule has 1 saturated heterocycles. The summed E-state index contributed by atoms with van der Waals surface area (Å²) >= 11 is 0. The summed E-state index contributed by atoms with van der Waals surface area (Å²) in [5.41, 5.74) is 3.07. The maximum atomic E-state index is 12.7. The van der Waals surface area contributed by atoms with Crippen molar-refractivity contribution in [3.8, 4) is 17.2 Å². The van der Waals surface area contributed by atoms with Gasteiger partial charge >= 0.3 is 0 Å². The molecule has 2 aliphatic rings. The molecule has 1 amide bonds. The number of amides is 1. The minimum absolute atomic E-state index is 0.0161. The molecule has 0 bridgehead atoms. The van der Waals surface area contributed by atoms with Crippen LogP contribution >= 0.6 is 0 Å². The lowest BCUT2D eigenvalue weighted by Gasteiger charge is -2.37. The van der Waals surface area contributed by atoms with Crippen molar-refractivity contribution >= 4 is 23.9 Å². The number of carbonyl (C=O) groups is 1. The summed E-state index contributed by atoms with van der Waals surface area (Å²) in [7, 11) is 0. The zero-order valence-electron chi connectivity index (χ0n) is 18.7. The predicted octanol–water partition coefficient (Wildman–Crippen LogP) is 1.77. The first kappa shape index (κ1) is 21.9. The van der Waals surface area contributed by atoms with Crippen LogP contribution in [0.25, 0.3) is 23.4 Å². The van der Waals surface area contributed by atoms with Crippen LogP contribution in [-0.4, -0.2) is 48.2 Å². The van der Waals surface area contributed by atoms with Crippen LogP contribution in [0.3, 0.4) is 0 Å². The second-order valence-corrected chi connectivity index (χ2v) is 9.23. The fourth-order valence-corrected chi connectivity index (χ4v) is 4.33. The largest absolute Gasteiger partial charge is 0.395 e. The van der Waals surface area contributed by atoms with E-state index in [2.05, 4.69) is 41.1 Å². The molecule has 0 aliphatic carbocycles. The van der Waals surface area contributed by atoms with E-state index in [1.807, 2.05) is 29.2 Å². The molecule has 6 heteroatoms. The number of anilines is 1. The zero-order valence-corrected chi connectivity index (χ0v) is 18.7. The Morgan fingerprint density at radius 1 is 1.25 bits per heavy atom. The van der Waals surface area contributed by atoms with Gasteiger partial charge in [0.15, 0.2) is 0 Å². The van der Waals surface area contributed by atoms with Gasteiger partial charge in [-0.15, -0.1) is 0 Å². The summed E-state index contributed by atoms with van der Waals surface area (Å²) in [6.45, 7) is 5.58. The van der Waals surface area contributed by atoms with E-state index in [1.165, 1.54) is 5.22 Å². The third-order valence-electron chi connectivity index (χ3n) is 6.34. The molecule has 3 N–H and O–H groups in total. The monoisotopic (exact) mass is 430 g/mol. The van der Waals surface area contributed by atoms with E-state index in [0.717, 1.165) is 41.4 Å². The third kappa shape index (κ3) is 4.49. The molecule has 166 valence electrons. The Morgan fingerprint density at radius 3 is 2.75 bits per heavy atom. The van der Waals surface area contributed by atoms with E-state index in [4.69, 9.17) is 0 Å². The highest BCUT2D eigenvalue weighted by Crippen LogP contribution is 2.24. The third-order valence-corrected chi connectivity index (χ3v) is 6.34. The van der Waals surface area contributed by atoms with Gasteiger partial charge in [0.05, 0.1) is 23.7 Å². The maximum Gasteiger partial charge on any atom is 0.230 e. The number of carbonyl (C=O) groups excluding carboxylic acids is 1. The lowest BCUT2D eigenvalue weighted by Crippen LogP contribution is -2.49. The molecule has 2 aromatic rings. The minimum atomic E-state index is -0.734. The van der Waals surface area contributed by atoms with Gasteiger partial charge in [0, 0.05) is 42.8 Å². The molecular weight excluding hydrogens is 400 g/mol. The van der Waals surface area contributed by atoms with Crippen molar-refractivity contribution in [3.63, 3.8) is 0 Å². The molecule has 2 aromatic carbocycles. The summed E-state index contributed by atoms with van der Waals surface area (Å²) in [5, 5.41) is 28.1. The lowest BCUT2D eigenvalue weighted by molar-refractivity contribution is -0.143. The van der Waals surface area contributed by atoms with E-state index in [0.29, 0.717) is 18.7 Å². The molecule has 6 nitrogen and oxygen atoms in total. The highest BCUT2D eigenvalue weighted by Gasteiger charge is 2.33. The first-order valence-electron chi connectivity index (χ1n) is 11.2. The van der Waals surface area contributed by atoms with E-state index in [9.17, 15) is 15.2 Å². The first-order chi connectivity index (χ1) is 15.4.